The molecule has 2 fully saturated rings. The topological polar surface area (TPSA) is 40.6 Å². The van der Waals surface area contributed by atoms with Crippen LogP contribution in [0.4, 0.5) is 0 Å². The number of thioether (sulfide) groups is 1. The second-order valence-electron chi connectivity index (χ2n) is 7.75. The zero-order valence-corrected chi connectivity index (χ0v) is 17.0. The van der Waals surface area contributed by atoms with Crippen molar-refractivity contribution in [2.75, 3.05) is 12.3 Å². The number of fused-ring (bicyclic) bond motifs is 1. The van der Waals surface area contributed by atoms with Crippen molar-refractivity contribution in [2.45, 2.75) is 43.6 Å². The second kappa shape index (κ2) is 8.00. The van der Waals surface area contributed by atoms with E-state index in [9.17, 15) is 9.59 Å². The Morgan fingerprint density at radius 2 is 1.75 bits per heavy atom. The van der Waals surface area contributed by atoms with Gasteiger partial charge in [0.1, 0.15) is 6.04 Å². The first-order valence-corrected chi connectivity index (χ1v) is 10.9. The summed E-state index contributed by atoms with van der Waals surface area (Å²) >= 11 is 1.75. The Kier molecular flexibility index (Phi) is 5.44. The molecule has 5 heteroatoms. The summed E-state index contributed by atoms with van der Waals surface area (Å²) in [7, 11) is 0. The Bertz CT molecular complexity index is 842. The molecule has 0 bridgehead atoms. The van der Waals surface area contributed by atoms with E-state index in [1.165, 1.54) is 5.56 Å². The van der Waals surface area contributed by atoms with Gasteiger partial charge in [0.15, 0.2) is 0 Å². The molecular formula is C23H26N2O2S. The zero-order valence-electron chi connectivity index (χ0n) is 16.2. The molecule has 2 aromatic rings. The van der Waals surface area contributed by atoms with Gasteiger partial charge < -0.3 is 9.80 Å². The summed E-state index contributed by atoms with van der Waals surface area (Å²) in [5.74, 6) is 0.886. The summed E-state index contributed by atoms with van der Waals surface area (Å²) in [4.78, 5) is 29.6. The summed E-state index contributed by atoms with van der Waals surface area (Å²) in [6.07, 6.45) is 2.20. The maximum atomic E-state index is 13.5. The lowest BCUT2D eigenvalue weighted by atomic mass is 10.1. The predicted molar refractivity (Wildman–Crippen MR) is 113 cm³/mol. The van der Waals surface area contributed by atoms with Gasteiger partial charge in [-0.05, 0) is 30.9 Å². The number of hydrogen-bond acceptors (Lipinski definition) is 3. The molecule has 28 heavy (non-hydrogen) atoms. The van der Waals surface area contributed by atoms with Crippen LogP contribution in [0.15, 0.2) is 60.7 Å². The summed E-state index contributed by atoms with van der Waals surface area (Å²) in [6.45, 7) is 3.32. The van der Waals surface area contributed by atoms with Crippen LogP contribution in [0.2, 0.25) is 0 Å². The quantitative estimate of drug-likeness (QED) is 0.750. The third-order valence-corrected chi connectivity index (χ3v) is 7.28. The highest BCUT2D eigenvalue weighted by atomic mass is 32.2. The SMILES string of the molecule is CC12CCC(=O)N1C(C(=O)N(CCc1ccccc1)Cc1ccccc1)CS2. The van der Waals surface area contributed by atoms with Crippen molar-refractivity contribution in [1.29, 1.82) is 0 Å². The van der Waals surface area contributed by atoms with Crippen molar-refractivity contribution in [1.82, 2.24) is 9.80 Å². The zero-order chi connectivity index (χ0) is 19.6. The monoisotopic (exact) mass is 394 g/mol. The second-order valence-corrected chi connectivity index (χ2v) is 9.25. The molecule has 0 aromatic heterocycles. The van der Waals surface area contributed by atoms with Gasteiger partial charge in [-0.25, -0.2) is 0 Å². The van der Waals surface area contributed by atoms with Gasteiger partial charge in [-0.1, -0.05) is 60.7 Å². The Balaban J connectivity index is 1.53. The first kappa shape index (κ1) is 19.1. The maximum Gasteiger partial charge on any atom is 0.246 e. The summed E-state index contributed by atoms with van der Waals surface area (Å²) in [6, 6.07) is 20.0. The molecule has 0 saturated carbocycles. The van der Waals surface area contributed by atoms with E-state index in [0.29, 0.717) is 25.3 Å². The van der Waals surface area contributed by atoms with Gasteiger partial charge in [0, 0.05) is 25.3 Å². The van der Waals surface area contributed by atoms with E-state index in [1.807, 2.05) is 46.2 Å². The average molecular weight is 395 g/mol. The normalized spacial score (nSPS) is 23.7. The smallest absolute Gasteiger partial charge is 0.246 e. The molecule has 4 nitrogen and oxygen atoms in total. The Hall–Kier alpha value is -2.27. The van der Waals surface area contributed by atoms with Crippen molar-refractivity contribution in [2.24, 2.45) is 0 Å². The highest BCUT2D eigenvalue weighted by Crippen LogP contribution is 2.47. The van der Waals surface area contributed by atoms with Crippen molar-refractivity contribution < 1.29 is 9.59 Å². The molecular weight excluding hydrogens is 368 g/mol. The van der Waals surface area contributed by atoms with E-state index in [2.05, 4.69) is 31.2 Å². The molecule has 4 rings (SSSR count). The number of rotatable bonds is 6. The highest BCUT2D eigenvalue weighted by Gasteiger charge is 2.53. The van der Waals surface area contributed by atoms with Gasteiger partial charge in [0.25, 0.3) is 0 Å². The van der Waals surface area contributed by atoms with E-state index in [-0.39, 0.29) is 22.7 Å². The number of carbonyl (C=O) groups is 2. The molecule has 2 atom stereocenters. The Labute approximate surface area is 170 Å². The Morgan fingerprint density at radius 1 is 1.11 bits per heavy atom. The maximum absolute atomic E-state index is 13.5. The number of nitrogens with zero attached hydrogens (tertiary/aromatic N) is 2. The van der Waals surface area contributed by atoms with Crippen LogP contribution in [-0.4, -0.2) is 44.8 Å². The van der Waals surface area contributed by atoms with E-state index in [4.69, 9.17) is 0 Å². The van der Waals surface area contributed by atoms with Crippen LogP contribution in [0, 0.1) is 0 Å². The summed E-state index contributed by atoms with van der Waals surface area (Å²) < 4.78 is 0. The molecule has 2 aliphatic heterocycles. The van der Waals surface area contributed by atoms with E-state index >= 15 is 0 Å². The Morgan fingerprint density at radius 3 is 2.43 bits per heavy atom. The minimum absolute atomic E-state index is 0.0752. The predicted octanol–water partition coefficient (Wildman–Crippen LogP) is 3.71. The van der Waals surface area contributed by atoms with Crippen molar-refractivity contribution in [3.63, 3.8) is 0 Å². The van der Waals surface area contributed by atoms with Crippen molar-refractivity contribution >= 4 is 23.6 Å². The first-order valence-electron chi connectivity index (χ1n) is 9.90. The molecule has 2 aromatic carbocycles. The molecule has 2 unspecified atom stereocenters. The first-order chi connectivity index (χ1) is 13.6. The summed E-state index contributed by atoms with van der Waals surface area (Å²) in [5.41, 5.74) is 2.33. The fraction of sp³-hybridized carbons (Fsp3) is 0.391. The minimum atomic E-state index is -0.343. The fourth-order valence-corrected chi connectivity index (χ4v) is 5.62. The van der Waals surface area contributed by atoms with Crippen LogP contribution in [0.1, 0.15) is 30.9 Å². The molecule has 2 saturated heterocycles. The highest BCUT2D eigenvalue weighted by molar-refractivity contribution is 8.01. The van der Waals surface area contributed by atoms with Crippen LogP contribution >= 0.6 is 11.8 Å². The van der Waals surface area contributed by atoms with Gasteiger partial charge in [-0.2, -0.15) is 0 Å². The lowest BCUT2D eigenvalue weighted by Gasteiger charge is -2.33. The lowest BCUT2D eigenvalue weighted by molar-refractivity contribution is -0.144. The van der Waals surface area contributed by atoms with E-state index in [0.717, 1.165) is 18.4 Å². The third kappa shape index (κ3) is 3.81. The fourth-order valence-electron chi connectivity index (χ4n) is 4.19. The van der Waals surface area contributed by atoms with Crippen LogP contribution < -0.4 is 0 Å². The molecule has 0 spiro atoms. The largest absolute Gasteiger partial charge is 0.336 e. The van der Waals surface area contributed by atoms with Crippen LogP contribution in [-0.2, 0) is 22.6 Å². The van der Waals surface area contributed by atoms with Crippen LogP contribution in [0.25, 0.3) is 0 Å². The molecule has 2 heterocycles. The van der Waals surface area contributed by atoms with Crippen LogP contribution in [0.5, 0.6) is 0 Å². The third-order valence-electron chi connectivity index (χ3n) is 5.77. The molecule has 0 N–H and O–H groups in total. The number of hydrogen-bond donors (Lipinski definition) is 0. The van der Waals surface area contributed by atoms with Gasteiger partial charge in [-0.15, -0.1) is 11.8 Å². The van der Waals surface area contributed by atoms with E-state index in [1.54, 1.807) is 11.8 Å². The molecule has 0 radical (unpaired) electrons. The molecule has 146 valence electrons. The molecule has 0 aliphatic carbocycles. The van der Waals surface area contributed by atoms with Crippen molar-refractivity contribution in [3.8, 4) is 0 Å². The standard InChI is InChI=1S/C23H26N2O2S/c1-23-14-12-21(26)25(23)20(17-28-23)22(27)24(16-19-10-6-3-7-11-19)15-13-18-8-4-2-5-9-18/h2-11,20H,12-17H2,1H3. The molecule has 2 amide bonds. The van der Waals surface area contributed by atoms with Gasteiger partial charge in [0.2, 0.25) is 11.8 Å². The number of carbonyl (C=O) groups excluding carboxylic acids is 2. The summed E-state index contributed by atoms with van der Waals surface area (Å²) in [5, 5.41) is 0. The minimum Gasteiger partial charge on any atom is -0.336 e. The average Bonchev–Trinajstić information content (AvgIpc) is 3.22. The van der Waals surface area contributed by atoms with Crippen molar-refractivity contribution in [3.05, 3.63) is 71.8 Å². The lowest BCUT2D eigenvalue weighted by Crippen LogP contribution is -2.51. The molecule has 2 aliphatic rings. The van der Waals surface area contributed by atoms with Gasteiger partial charge in [-0.3, -0.25) is 9.59 Å². The van der Waals surface area contributed by atoms with Crippen LogP contribution in [0.3, 0.4) is 0 Å². The van der Waals surface area contributed by atoms with E-state index < -0.39 is 0 Å². The van der Waals surface area contributed by atoms with Gasteiger partial charge in [0.05, 0.1) is 4.87 Å². The number of benzene rings is 2. The number of amides is 2. The van der Waals surface area contributed by atoms with Gasteiger partial charge >= 0.3 is 0 Å².